The normalized spacial score (nSPS) is 24.6. The molecule has 0 aromatic heterocycles. The summed E-state index contributed by atoms with van der Waals surface area (Å²) in [5.41, 5.74) is -0.380. The molecule has 0 bridgehead atoms. The van der Waals surface area contributed by atoms with Gasteiger partial charge in [-0.1, -0.05) is 12.1 Å². The van der Waals surface area contributed by atoms with E-state index in [1.54, 1.807) is 19.1 Å². The van der Waals surface area contributed by atoms with Gasteiger partial charge in [-0.3, -0.25) is 9.69 Å². The van der Waals surface area contributed by atoms with E-state index in [-0.39, 0.29) is 5.91 Å². The zero-order valence-corrected chi connectivity index (χ0v) is 15.2. The zero-order chi connectivity index (χ0) is 17.9. The van der Waals surface area contributed by atoms with Crippen LogP contribution in [0.25, 0.3) is 0 Å². The third-order valence-corrected chi connectivity index (χ3v) is 5.23. The summed E-state index contributed by atoms with van der Waals surface area (Å²) >= 11 is 0. The molecule has 2 aliphatic heterocycles. The van der Waals surface area contributed by atoms with E-state index in [1.807, 2.05) is 18.2 Å². The molecule has 0 spiro atoms. The van der Waals surface area contributed by atoms with E-state index in [2.05, 4.69) is 4.90 Å². The Hall–Kier alpha value is -1.79. The highest BCUT2D eigenvalue weighted by atomic mass is 16.5. The summed E-state index contributed by atoms with van der Waals surface area (Å²) in [6.07, 6.45) is 3.64. The Bertz CT molecular complexity index is 615. The van der Waals surface area contributed by atoms with Crippen LogP contribution >= 0.6 is 0 Å². The molecule has 25 heavy (non-hydrogen) atoms. The van der Waals surface area contributed by atoms with Gasteiger partial charge in [0.2, 0.25) is 0 Å². The number of ether oxygens (including phenoxy) is 2. The molecule has 3 rings (SSSR count). The first-order valence-corrected chi connectivity index (χ1v) is 9.01. The van der Waals surface area contributed by atoms with Crippen molar-refractivity contribution in [1.29, 1.82) is 0 Å². The number of methoxy groups -OCH3 is 2. The SMILES string of the molecule is COc1cccc(CN2CCC[C@](O)(CN3CCCC3)C2=O)c1OC. The van der Waals surface area contributed by atoms with E-state index >= 15 is 0 Å². The number of β-amino-alcohol motifs (C(OH)–C–C–N with tert-alkyl or cyclic N) is 1. The number of nitrogens with zero attached hydrogens (tertiary/aromatic N) is 2. The molecular weight excluding hydrogens is 320 g/mol. The van der Waals surface area contributed by atoms with Gasteiger partial charge in [-0.2, -0.15) is 0 Å². The van der Waals surface area contributed by atoms with Crippen LogP contribution in [0.3, 0.4) is 0 Å². The molecule has 2 heterocycles. The van der Waals surface area contributed by atoms with Gasteiger partial charge in [-0.05, 0) is 44.8 Å². The molecule has 1 aromatic rings. The van der Waals surface area contributed by atoms with Crippen molar-refractivity contribution in [2.24, 2.45) is 0 Å². The molecule has 6 nitrogen and oxygen atoms in total. The van der Waals surface area contributed by atoms with Crippen molar-refractivity contribution in [2.45, 2.75) is 37.8 Å². The number of para-hydroxylation sites is 1. The molecule has 1 amide bonds. The van der Waals surface area contributed by atoms with E-state index in [4.69, 9.17) is 9.47 Å². The van der Waals surface area contributed by atoms with Crippen LogP contribution in [-0.4, -0.2) is 66.8 Å². The van der Waals surface area contributed by atoms with Crippen LogP contribution in [0, 0.1) is 0 Å². The van der Waals surface area contributed by atoms with E-state index in [0.29, 0.717) is 37.6 Å². The first-order valence-electron chi connectivity index (χ1n) is 9.01. The molecule has 0 aliphatic carbocycles. The minimum atomic E-state index is -1.27. The average Bonchev–Trinajstić information content (AvgIpc) is 3.11. The average molecular weight is 348 g/mol. The number of benzene rings is 1. The van der Waals surface area contributed by atoms with E-state index in [0.717, 1.165) is 37.9 Å². The maximum absolute atomic E-state index is 13.0. The third kappa shape index (κ3) is 3.75. The lowest BCUT2D eigenvalue weighted by molar-refractivity contribution is -0.160. The molecule has 1 aromatic carbocycles. The van der Waals surface area contributed by atoms with Crippen LogP contribution in [0.5, 0.6) is 11.5 Å². The van der Waals surface area contributed by atoms with Crippen molar-refractivity contribution >= 4 is 5.91 Å². The van der Waals surface area contributed by atoms with Crippen LogP contribution in [0.4, 0.5) is 0 Å². The van der Waals surface area contributed by atoms with Gasteiger partial charge in [0.25, 0.3) is 5.91 Å². The van der Waals surface area contributed by atoms with Crippen molar-refractivity contribution < 1.29 is 19.4 Å². The number of aliphatic hydroxyl groups is 1. The van der Waals surface area contributed by atoms with Gasteiger partial charge in [0.05, 0.1) is 14.2 Å². The molecule has 0 unspecified atom stereocenters. The van der Waals surface area contributed by atoms with Crippen LogP contribution in [-0.2, 0) is 11.3 Å². The molecule has 1 atom stereocenters. The molecule has 2 fully saturated rings. The molecule has 2 aliphatic rings. The zero-order valence-electron chi connectivity index (χ0n) is 15.2. The van der Waals surface area contributed by atoms with Gasteiger partial charge in [0.1, 0.15) is 0 Å². The van der Waals surface area contributed by atoms with E-state index in [9.17, 15) is 9.90 Å². The highest BCUT2D eigenvalue weighted by molar-refractivity contribution is 5.86. The largest absolute Gasteiger partial charge is 0.493 e. The Balaban J connectivity index is 1.75. The second-order valence-electron chi connectivity index (χ2n) is 7.00. The fourth-order valence-corrected chi connectivity index (χ4v) is 3.96. The van der Waals surface area contributed by atoms with Crippen LogP contribution < -0.4 is 9.47 Å². The first kappa shape index (κ1) is 18.0. The number of amides is 1. The standard InChI is InChI=1S/C19H28N2O4/c1-24-16-8-5-7-15(17(16)25-2)13-21-12-6-9-19(23,18(21)22)14-20-10-3-4-11-20/h5,7-8,23H,3-4,6,9-14H2,1-2H3/t19-/m0/s1. The van der Waals surface area contributed by atoms with Gasteiger partial charge in [0, 0.05) is 25.2 Å². The lowest BCUT2D eigenvalue weighted by atomic mass is 9.90. The van der Waals surface area contributed by atoms with Crippen molar-refractivity contribution in [2.75, 3.05) is 40.4 Å². The Morgan fingerprint density at radius 3 is 2.56 bits per heavy atom. The fourth-order valence-electron chi connectivity index (χ4n) is 3.96. The predicted molar refractivity (Wildman–Crippen MR) is 94.8 cm³/mol. The number of carbonyl (C=O) groups is 1. The number of piperidine rings is 1. The maximum atomic E-state index is 13.0. The van der Waals surface area contributed by atoms with Gasteiger partial charge in [0.15, 0.2) is 17.1 Å². The summed E-state index contributed by atoms with van der Waals surface area (Å²) in [6.45, 7) is 3.46. The summed E-state index contributed by atoms with van der Waals surface area (Å²) in [5, 5.41) is 11.0. The fraction of sp³-hybridized carbons (Fsp3) is 0.632. The topological polar surface area (TPSA) is 62.2 Å². The second-order valence-corrected chi connectivity index (χ2v) is 7.00. The third-order valence-electron chi connectivity index (χ3n) is 5.23. The summed E-state index contributed by atoms with van der Waals surface area (Å²) in [6, 6.07) is 5.66. The van der Waals surface area contributed by atoms with Gasteiger partial charge in [-0.25, -0.2) is 0 Å². The predicted octanol–water partition coefficient (Wildman–Crippen LogP) is 1.65. The molecule has 138 valence electrons. The smallest absolute Gasteiger partial charge is 0.256 e. The number of likely N-dealkylation sites (tertiary alicyclic amines) is 2. The van der Waals surface area contributed by atoms with Crippen LogP contribution in [0.2, 0.25) is 0 Å². The molecule has 1 N–H and O–H groups in total. The Morgan fingerprint density at radius 1 is 1.12 bits per heavy atom. The summed E-state index contributed by atoms with van der Waals surface area (Å²) in [5.74, 6) is 1.12. The molecular formula is C19H28N2O4. The number of hydrogen-bond acceptors (Lipinski definition) is 5. The van der Waals surface area contributed by atoms with Gasteiger partial charge >= 0.3 is 0 Å². The lowest BCUT2D eigenvalue weighted by Gasteiger charge is -2.40. The monoisotopic (exact) mass is 348 g/mol. The molecule has 2 saturated heterocycles. The minimum absolute atomic E-state index is 0.171. The van der Waals surface area contributed by atoms with Crippen LogP contribution in [0.15, 0.2) is 18.2 Å². The molecule has 0 radical (unpaired) electrons. The first-order chi connectivity index (χ1) is 12.1. The summed E-state index contributed by atoms with van der Waals surface area (Å²) in [7, 11) is 3.20. The second kappa shape index (κ2) is 7.62. The minimum Gasteiger partial charge on any atom is -0.493 e. The maximum Gasteiger partial charge on any atom is 0.256 e. The summed E-state index contributed by atoms with van der Waals surface area (Å²) < 4.78 is 10.8. The number of carbonyl (C=O) groups excluding carboxylic acids is 1. The van der Waals surface area contributed by atoms with Crippen molar-refractivity contribution in [3.05, 3.63) is 23.8 Å². The van der Waals surface area contributed by atoms with Crippen molar-refractivity contribution in [3.8, 4) is 11.5 Å². The number of rotatable bonds is 6. The Morgan fingerprint density at radius 2 is 1.88 bits per heavy atom. The Kier molecular flexibility index (Phi) is 5.49. The van der Waals surface area contributed by atoms with E-state index in [1.165, 1.54) is 0 Å². The van der Waals surface area contributed by atoms with E-state index < -0.39 is 5.60 Å². The van der Waals surface area contributed by atoms with Crippen molar-refractivity contribution in [3.63, 3.8) is 0 Å². The molecule has 6 heteroatoms. The van der Waals surface area contributed by atoms with Crippen LogP contribution in [0.1, 0.15) is 31.2 Å². The van der Waals surface area contributed by atoms with Gasteiger partial charge in [-0.15, -0.1) is 0 Å². The molecule has 0 saturated carbocycles. The van der Waals surface area contributed by atoms with Crippen molar-refractivity contribution in [1.82, 2.24) is 9.80 Å². The number of hydrogen-bond donors (Lipinski definition) is 1. The highest BCUT2D eigenvalue weighted by Gasteiger charge is 2.43. The quantitative estimate of drug-likeness (QED) is 0.847. The van der Waals surface area contributed by atoms with Gasteiger partial charge < -0.3 is 19.5 Å². The Labute approximate surface area is 149 Å². The highest BCUT2D eigenvalue weighted by Crippen LogP contribution is 2.33. The summed E-state index contributed by atoms with van der Waals surface area (Å²) in [4.78, 5) is 16.9. The lowest BCUT2D eigenvalue weighted by Crippen LogP contribution is -2.58.